The highest BCUT2D eigenvalue weighted by Gasteiger charge is 2.13. The SMILES string of the molecule is C=C(C)c1c(N(C)C)ncc(NOC)c1C. The second-order valence-corrected chi connectivity index (χ2v) is 3.98. The van der Waals surface area contributed by atoms with E-state index in [2.05, 4.69) is 17.0 Å². The molecule has 0 radical (unpaired) electrons. The number of pyridine rings is 1. The van der Waals surface area contributed by atoms with E-state index in [1.165, 1.54) is 0 Å². The average molecular weight is 221 g/mol. The molecule has 0 aliphatic rings. The van der Waals surface area contributed by atoms with Crippen molar-refractivity contribution in [3.05, 3.63) is 23.9 Å². The first kappa shape index (κ1) is 12.5. The van der Waals surface area contributed by atoms with E-state index in [4.69, 9.17) is 4.84 Å². The number of anilines is 2. The van der Waals surface area contributed by atoms with Crippen LogP contribution in [0.15, 0.2) is 12.8 Å². The predicted molar refractivity (Wildman–Crippen MR) is 68.6 cm³/mol. The number of nitrogens with one attached hydrogen (secondary N) is 1. The van der Waals surface area contributed by atoms with Crippen LogP contribution in [0.25, 0.3) is 5.57 Å². The zero-order chi connectivity index (χ0) is 12.3. The molecule has 1 N–H and O–H groups in total. The van der Waals surface area contributed by atoms with Crippen LogP contribution in [0.3, 0.4) is 0 Å². The zero-order valence-corrected chi connectivity index (χ0v) is 10.6. The summed E-state index contributed by atoms with van der Waals surface area (Å²) < 4.78 is 0. The first-order chi connectivity index (χ1) is 7.49. The summed E-state index contributed by atoms with van der Waals surface area (Å²) >= 11 is 0. The molecule has 0 saturated heterocycles. The molecular weight excluding hydrogens is 202 g/mol. The maximum Gasteiger partial charge on any atom is 0.135 e. The number of hydrogen-bond acceptors (Lipinski definition) is 4. The lowest BCUT2D eigenvalue weighted by atomic mass is 10.0. The molecule has 0 fully saturated rings. The first-order valence-corrected chi connectivity index (χ1v) is 5.10. The van der Waals surface area contributed by atoms with E-state index in [1.54, 1.807) is 13.3 Å². The maximum atomic E-state index is 4.91. The molecule has 0 aliphatic carbocycles. The normalized spacial score (nSPS) is 10.1. The number of allylic oxidation sites excluding steroid dienone is 1. The van der Waals surface area contributed by atoms with Crippen molar-refractivity contribution < 1.29 is 4.84 Å². The summed E-state index contributed by atoms with van der Waals surface area (Å²) in [5.74, 6) is 0.923. The second-order valence-electron chi connectivity index (χ2n) is 3.98. The van der Waals surface area contributed by atoms with Crippen LogP contribution in [0.2, 0.25) is 0 Å². The lowest BCUT2D eigenvalue weighted by Gasteiger charge is -2.20. The first-order valence-electron chi connectivity index (χ1n) is 5.10. The van der Waals surface area contributed by atoms with Gasteiger partial charge in [-0.3, -0.25) is 10.3 Å². The van der Waals surface area contributed by atoms with Crippen molar-refractivity contribution in [3.8, 4) is 0 Å². The molecule has 1 rings (SSSR count). The highest BCUT2D eigenvalue weighted by atomic mass is 16.6. The second kappa shape index (κ2) is 4.99. The topological polar surface area (TPSA) is 37.4 Å². The number of nitrogens with zero attached hydrogens (tertiary/aromatic N) is 2. The maximum absolute atomic E-state index is 4.91. The van der Waals surface area contributed by atoms with Gasteiger partial charge in [-0.1, -0.05) is 6.58 Å². The number of hydrogen-bond donors (Lipinski definition) is 1. The van der Waals surface area contributed by atoms with Gasteiger partial charge >= 0.3 is 0 Å². The third-order valence-electron chi connectivity index (χ3n) is 2.38. The van der Waals surface area contributed by atoms with E-state index >= 15 is 0 Å². The van der Waals surface area contributed by atoms with Gasteiger partial charge in [-0.25, -0.2) is 4.98 Å². The third kappa shape index (κ3) is 2.33. The van der Waals surface area contributed by atoms with Crippen molar-refractivity contribution in [3.63, 3.8) is 0 Å². The van der Waals surface area contributed by atoms with Gasteiger partial charge in [0.1, 0.15) is 5.82 Å². The Labute approximate surface area is 96.9 Å². The van der Waals surface area contributed by atoms with Crippen molar-refractivity contribution in [1.82, 2.24) is 4.98 Å². The fraction of sp³-hybridized carbons (Fsp3) is 0.417. The minimum absolute atomic E-state index is 0.867. The lowest BCUT2D eigenvalue weighted by Crippen LogP contribution is -2.14. The molecular formula is C12H19N3O. The van der Waals surface area contributed by atoms with Gasteiger partial charge in [-0.15, -0.1) is 0 Å². The Morgan fingerprint density at radius 3 is 2.56 bits per heavy atom. The van der Waals surface area contributed by atoms with Gasteiger partial charge in [-0.2, -0.15) is 0 Å². The monoisotopic (exact) mass is 221 g/mol. The van der Waals surface area contributed by atoms with Crippen LogP contribution in [0.5, 0.6) is 0 Å². The minimum atomic E-state index is 0.867. The Morgan fingerprint density at radius 2 is 2.12 bits per heavy atom. The Morgan fingerprint density at radius 1 is 1.50 bits per heavy atom. The Bertz CT molecular complexity index is 399. The van der Waals surface area contributed by atoms with Crippen LogP contribution in [0, 0.1) is 6.92 Å². The fourth-order valence-electron chi connectivity index (χ4n) is 1.65. The van der Waals surface area contributed by atoms with Crippen LogP contribution in [0.1, 0.15) is 18.1 Å². The highest BCUT2D eigenvalue weighted by Crippen LogP contribution is 2.30. The summed E-state index contributed by atoms with van der Waals surface area (Å²) in [6.07, 6.45) is 1.76. The summed E-state index contributed by atoms with van der Waals surface area (Å²) in [4.78, 5) is 11.3. The molecule has 0 bridgehead atoms. The average Bonchev–Trinajstić information content (AvgIpc) is 2.20. The molecule has 16 heavy (non-hydrogen) atoms. The summed E-state index contributed by atoms with van der Waals surface area (Å²) in [5, 5.41) is 0. The van der Waals surface area contributed by atoms with E-state index in [-0.39, 0.29) is 0 Å². The Hall–Kier alpha value is -1.55. The van der Waals surface area contributed by atoms with Gasteiger partial charge in [0.2, 0.25) is 0 Å². The minimum Gasteiger partial charge on any atom is -0.362 e. The van der Waals surface area contributed by atoms with Crippen LogP contribution in [-0.4, -0.2) is 26.2 Å². The van der Waals surface area contributed by atoms with Crippen LogP contribution in [0.4, 0.5) is 11.5 Å². The van der Waals surface area contributed by atoms with Gasteiger partial charge < -0.3 is 4.90 Å². The molecule has 1 aromatic heterocycles. The van der Waals surface area contributed by atoms with Crippen LogP contribution in [-0.2, 0) is 4.84 Å². The molecule has 0 amide bonds. The summed E-state index contributed by atoms with van der Waals surface area (Å²) in [6.45, 7) is 8.00. The summed E-state index contributed by atoms with van der Waals surface area (Å²) in [5.41, 5.74) is 6.83. The van der Waals surface area contributed by atoms with Crippen LogP contribution >= 0.6 is 0 Å². The largest absolute Gasteiger partial charge is 0.362 e. The van der Waals surface area contributed by atoms with Crippen molar-refractivity contribution in [1.29, 1.82) is 0 Å². The molecule has 4 nitrogen and oxygen atoms in total. The summed E-state index contributed by atoms with van der Waals surface area (Å²) in [6, 6.07) is 0. The molecule has 0 atom stereocenters. The van der Waals surface area contributed by atoms with E-state index in [0.29, 0.717) is 0 Å². The summed E-state index contributed by atoms with van der Waals surface area (Å²) in [7, 11) is 5.52. The van der Waals surface area contributed by atoms with Crippen molar-refractivity contribution in [2.45, 2.75) is 13.8 Å². The van der Waals surface area contributed by atoms with Gasteiger partial charge in [0.05, 0.1) is 19.0 Å². The Kier molecular flexibility index (Phi) is 3.90. The van der Waals surface area contributed by atoms with Gasteiger partial charge in [-0.05, 0) is 25.0 Å². The molecule has 0 aromatic carbocycles. The molecule has 0 aliphatic heterocycles. The van der Waals surface area contributed by atoms with Crippen molar-refractivity contribution in [2.24, 2.45) is 0 Å². The highest BCUT2D eigenvalue weighted by molar-refractivity contribution is 5.78. The predicted octanol–water partition coefficient (Wildman–Crippen LogP) is 2.46. The molecule has 1 heterocycles. The fourth-order valence-corrected chi connectivity index (χ4v) is 1.65. The van der Waals surface area contributed by atoms with Crippen molar-refractivity contribution in [2.75, 3.05) is 31.6 Å². The van der Waals surface area contributed by atoms with E-state index in [1.807, 2.05) is 32.8 Å². The molecule has 1 aromatic rings. The molecule has 4 heteroatoms. The van der Waals surface area contributed by atoms with Crippen molar-refractivity contribution >= 4 is 17.1 Å². The quantitative estimate of drug-likeness (QED) is 0.792. The standard InChI is InChI=1S/C12H19N3O/c1-8(2)11-9(3)10(14-16-6)7-13-12(11)15(4)5/h7,14H,1H2,2-6H3. The molecule has 0 unspecified atom stereocenters. The number of rotatable bonds is 4. The number of aromatic nitrogens is 1. The zero-order valence-electron chi connectivity index (χ0n) is 10.6. The van der Waals surface area contributed by atoms with E-state index < -0.39 is 0 Å². The van der Waals surface area contributed by atoms with Gasteiger partial charge in [0.15, 0.2) is 0 Å². The van der Waals surface area contributed by atoms with Crippen LogP contribution < -0.4 is 10.4 Å². The van der Waals surface area contributed by atoms with E-state index in [0.717, 1.165) is 28.2 Å². The smallest absolute Gasteiger partial charge is 0.135 e. The van der Waals surface area contributed by atoms with E-state index in [9.17, 15) is 0 Å². The van der Waals surface area contributed by atoms with Gasteiger partial charge in [0, 0.05) is 19.7 Å². The molecule has 0 saturated carbocycles. The van der Waals surface area contributed by atoms with Gasteiger partial charge in [0.25, 0.3) is 0 Å². The molecule has 0 spiro atoms. The Balaban J connectivity index is 3.36. The third-order valence-corrected chi connectivity index (χ3v) is 2.38. The lowest BCUT2D eigenvalue weighted by molar-refractivity contribution is 0.270. The molecule has 88 valence electrons.